The number of benzene rings is 1. The van der Waals surface area contributed by atoms with E-state index >= 15 is 0 Å². The summed E-state index contributed by atoms with van der Waals surface area (Å²) in [6, 6.07) is 4.89. The Morgan fingerprint density at radius 3 is 2.38 bits per heavy atom. The first-order valence-electron chi connectivity index (χ1n) is 8.00. The van der Waals surface area contributed by atoms with Gasteiger partial charge in [-0.15, -0.1) is 12.4 Å². The lowest BCUT2D eigenvalue weighted by atomic mass is 9.84. The zero-order valence-corrected chi connectivity index (χ0v) is 14.5. The minimum Gasteiger partial charge on any atom is -0.352 e. The first-order chi connectivity index (χ1) is 10.9. The van der Waals surface area contributed by atoms with Gasteiger partial charge in [-0.3, -0.25) is 4.79 Å². The minimum atomic E-state index is -4.33. The van der Waals surface area contributed by atoms with E-state index in [2.05, 4.69) is 17.6 Å². The predicted octanol–water partition coefficient (Wildman–Crippen LogP) is 3.77. The molecular weight excluding hydrogens is 341 g/mol. The third-order valence-electron chi connectivity index (χ3n) is 4.47. The van der Waals surface area contributed by atoms with Crippen molar-refractivity contribution in [1.82, 2.24) is 10.6 Å². The third kappa shape index (κ3) is 6.32. The highest BCUT2D eigenvalue weighted by molar-refractivity contribution is 5.85. The van der Waals surface area contributed by atoms with E-state index in [1.807, 2.05) is 0 Å². The molecule has 1 aromatic carbocycles. The van der Waals surface area contributed by atoms with Gasteiger partial charge in [0.1, 0.15) is 0 Å². The molecule has 0 bridgehead atoms. The van der Waals surface area contributed by atoms with Crippen molar-refractivity contribution in [1.29, 1.82) is 0 Å². The van der Waals surface area contributed by atoms with Crippen molar-refractivity contribution in [2.45, 2.75) is 38.9 Å². The van der Waals surface area contributed by atoms with E-state index in [1.165, 1.54) is 12.1 Å². The number of amides is 1. The van der Waals surface area contributed by atoms with E-state index in [1.54, 1.807) is 0 Å². The Morgan fingerprint density at radius 2 is 1.83 bits per heavy atom. The monoisotopic (exact) mass is 364 g/mol. The maximum absolute atomic E-state index is 12.5. The molecule has 24 heavy (non-hydrogen) atoms. The number of carbonyl (C=O) groups is 1. The molecule has 136 valence electrons. The molecule has 0 aliphatic carbocycles. The number of hydrogen-bond donors (Lipinski definition) is 2. The van der Waals surface area contributed by atoms with Crippen molar-refractivity contribution >= 4 is 18.3 Å². The normalized spacial score (nSPS) is 17.0. The lowest BCUT2D eigenvalue weighted by molar-refractivity contribution is -0.137. The van der Waals surface area contributed by atoms with Gasteiger partial charge in [0.2, 0.25) is 5.91 Å². The molecule has 1 fully saturated rings. The highest BCUT2D eigenvalue weighted by Gasteiger charge is 2.29. The van der Waals surface area contributed by atoms with Gasteiger partial charge >= 0.3 is 6.18 Å². The van der Waals surface area contributed by atoms with Gasteiger partial charge < -0.3 is 10.6 Å². The fourth-order valence-corrected chi connectivity index (χ4v) is 2.96. The summed E-state index contributed by atoms with van der Waals surface area (Å²) in [5, 5.41) is 6.10. The first kappa shape index (κ1) is 20.8. The first-order valence-corrected chi connectivity index (χ1v) is 8.00. The lowest BCUT2D eigenvalue weighted by Crippen LogP contribution is -2.33. The summed E-state index contributed by atoms with van der Waals surface area (Å²) in [7, 11) is 0. The number of halogens is 4. The maximum atomic E-state index is 12.5. The molecule has 1 saturated heterocycles. The maximum Gasteiger partial charge on any atom is 0.416 e. The summed E-state index contributed by atoms with van der Waals surface area (Å²) in [5.41, 5.74) is -0.00650. The molecule has 1 aliphatic rings. The van der Waals surface area contributed by atoms with Gasteiger partial charge in [-0.1, -0.05) is 19.1 Å². The van der Waals surface area contributed by atoms with Gasteiger partial charge in [-0.25, -0.2) is 0 Å². The smallest absolute Gasteiger partial charge is 0.352 e. The highest BCUT2D eigenvalue weighted by atomic mass is 35.5. The molecule has 1 aromatic rings. The van der Waals surface area contributed by atoms with Gasteiger partial charge in [-0.2, -0.15) is 13.2 Å². The van der Waals surface area contributed by atoms with Crippen molar-refractivity contribution in [3.05, 3.63) is 35.4 Å². The summed E-state index contributed by atoms with van der Waals surface area (Å²) in [5.74, 6) is 0.841. The number of carbonyl (C=O) groups excluding carboxylic acids is 1. The van der Waals surface area contributed by atoms with Gasteiger partial charge in [0.15, 0.2) is 0 Å². The molecule has 7 heteroatoms. The minimum absolute atomic E-state index is 0. The summed E-state index contributed by atoms with van der Waals surface area (Å²) >= 11 is 0. The van der Waals surface area contributed by atoms with E-state index in [-0.39, 0.29) is 24.9 Å². The molecule has 1 heterocycles. The van der Waals surface area contributed by atoms with Crippen LogP contribution >= 0.6 is 12.4 Å². The summed E-state index contributed by atoms with van der Waals surface area (Å²) in [6.07, 6.45) is -1.68. The number of rotatable bonds is 5. The van der Waals surface area contributed by atoms with Crippen LogP contribution in [-0.4, -0.2) is 19.0 Å². The molecule has 1 atom stereocenters. The fourth-order valence-electron chi connectivity index (χ4n) is 2.96. The lowest BCUT2D eigenvalue weighted by Gasteiger charge is -2.27. The predicted molar refractivity (Wildman–Crippen MR) is 89.9 cm³/mol. The second-order valence-corrected chi connectivity index (χ2v) is 6.24. The summed E-state index contributed by atoms with van der Waals surface area (Å²) in [6.45, 7) is 4.36. The van der Waals surface area contributed by atoms with Gasteiger partial charge in [0, 0.05) is 13.0 Å². The highest BCUT2D eigenvalue weighted by Crippen LogP contribution is 2.29. The largest absolute Gasteiger partial charge is 0.416 e. The Hall–Kier alpha value is -1.27. The van der Waals surface area contributed by atoms with Crippen LogP contribution in [0.3, 0.4) is 0 Å². The molecule has 1 unspecified atom stereocenters. The second kappa shape index (κ2) is 9.28. The van der Waals surface area contributed by atoms with E-state index in [4.69, 9.17) is 0 Å². The Balaban J connectivity index is 0.00000288. The van der Waals surface area contributed by atoms with Crippen LogP contribution in [0.5, 0.6) is 0 Å². The molecule has 2 N–H and O–H groups in total. The number of piperidine rings is 1. The van der Waals surface area contributed by atoms with Crippen molar-refractivity contribution < 1.29 is 18.0 Å². The van der Waals surface area contributed by atoms with Crippen LogP contribution in [0.2, 0.25) is 0 Å². The number of alkyl halides is 3. The van der Waals surface area contributed by atoms with E-state index in [0.717, 1.165) is 38.1 Å². The number of hydrogen-bond acceptors (Lipinski definition) is 2. The van der Waals surface area contributed by atoms with Crippen LogP contribution in [0, 0.1) is 11.8 Å². The summed E-state index contributed by atoms with van der Waals surface area (Å²) in [4.78, 5) is 12.0. The molecule has 0 spiro atoms. The van der Waals surface area contributed by atoms with Crippen molar-refractivity contribution in [3.8, 4) is 0 Å². The van der Waals surface area contributed by atoms with Crippen LogP contribution in [0.15, 0.2) is 24.3 Å². The number of nitrogens with one attached hydrogen (secondary N) is 2. The molecule has 3 nitrogen and oxygen atoms in total. The second-order valence-electron chi connectivity index (χ2n) is 6.24. The van der Waals surface area contributed by atoms with Crippen LogP contribution in [0.1, 0.15) is 37.3 Å². The molecule has 2 rings (SSSR count). The van der Waals surface area contributed by atoms with Crippen LogP contribution in [-0.2, 0) is 17.5 Å². The zero-order valence-electron chi connectivity index (χ0n) is 13.7. The Morgan fingerprint density at radius 1 is 1.25 bits per heavy atom. The standard InChI is InChI=1S/C17H23F3N2O.ClH/c1-12(14-6-8-21-9-7-14)10-16(23)22-11-13-2-4-15(5-3-13)17(18,19)20;/h2-5,12,14,21H,6-11H2,1H3,(H,22,23);1H. The molecule has 0 saturated carbocycles. The molecular formula is C17H24ClF3N2O. The average molecular weight is 365 g/mol. The van der Waals surface area contributed by atoms with Crippen LogP contribution < -0.4 is 10.6 Å². The molecule has 1 aliphatic heterocycles. The van der Waals surface area contributed by atoms with E-state index < -0.39 is 11.7 Å². The topological polar surface area (TPSA) is 41.1 Å². The van der Waals surface area contributed by atoms with E-state index in [9.17, 15) is 18.0 Å². The SMILES string of the molecule is CC(CC(=O)NCc1ccc(C(F)(F)F)cc1)C1CCNCC1.Cl. The Kier molecular flexibility index (Phi) is 8.03. The molecule has 0 radical (unpaired) electrons. The van der Waals surface area contributed by atoms with Crippen molar-refractivity contribution in [2.24, 2.45) is 11.8 Å². The Labute approximate surface area is 146 Å². The van der Waals surface area contributed by atoms with Crippen LogP contribution in [0.25, 0.3) is 0 Å². The quantitative estimate of drug-likeness (QED) is 0.835. The zero-order chi connectivity index (χ0) is 16.9. The average Bonchev–Trinajstić information content (AvgIpc) is 2.53. The van der Waals surface area contributed by atoms with Gasteiger partial charge in [0.05, 0.1) is 5.56 Å². The molecule has 0 aromatic heterocycles. The Bertz CT molecular complexity index is 514. The third-order valence-corrected chi connectivity index (χ3v) is 4.47. The molecule has 1 amide bonds. The summed E-state index contributed by atoms with van der Waals surface area (Å²) < 4.78 is 37.4. The fraction of sp³-hybridized carbons (Fsp3) is 0.588. The van der Waals surface area contributed by atoms with Crippen molar-refractivity contribution in [3.63, 3.8) is 0 Å². The van der Waals surface area contributed by atoms with Crippen LogP contribution in [0.4, 0.5) is 13.2 Å². The van der Waals surface area contributed by atoms with Gasteiger partial charge in [-0.05, 0) is 55.5 Å². The van der Waals surface area contributed by atoms with Gasteiger partial charge in [0.25, 0.3) is 0 Å². The van der Waals surface area contributed by atoms with E-state index in [0.29, 0.717) is 23.8 Å². The van der Waals surface area contributed by atoms with Crippen molar-refractivity contribution in [2.75, 3.05) is 13.1 Å².